The highest BCUT2D eigenvalue weighted by atomic mass is 16.7. The highest BCUT2D eigenvalue weighted by Crippen LogP contribution is 2.39. The molecule has 50 heavy (non-hydrogen) atoms. The second-order valence-corrected chi connectivity index (χ2v) is 13.7. The van der Waals surface area contributed by atoms with Crippen molar-refractivity contribution in [3.8, 4) is 11.1 Å². The molecule has 3 fully saturated rings. The Morgan fingerprint density at radius 2 is 1.58 bits per heavy atom. The van der Waals surface area contributed by atoms with E-state index >= 15 is 0 Å². The van der Waals surface area contributed by atoms with E-state index in [0.29, 0.717) is 32.7 Å². The maximum atomic E-state index is 12.4. The molecule has 0 aliphatic carbocycles. The average molecular weight is 686 g/mol. The van der Waals surface area contributed by atoms with Gasteiger partial charge in [-0.1, -0.05) is 73.2 Å². The molecule has 0 bridgehead atoms. The third-order valence-corrected chi connectivity index (χ3v) is 9.90. The zero-order valence-corrected chi connectivity index (χ0v) is 29.1. The zero-order chi connectivity index (χ0) is 34.8. The van der Waals surface area contributed by atoms with Gasteiger partial charge in [-0.2, -0.15) is 0 Å². The topological polar surface area (TPSA) is 119 Å². The van der Waals surface area contributed by atoms with Crippen molar-refractivity contribution in [2.75, 3.05) is 39.4 Å². The molecule has 0 saturated carbocycles. The molecule has 3 aliphatic heterocycles. The summed E-state index contributed by atoms with van der Waals surface area (Å²) in [5, 5.41) is 15.4. The summed E-state index contributed by atoms with van der Waals surface area (Å²) in [4.78, 5) is 25.8. The van der Waals surface area contributed by atoms with Gasteiger partial charge in [-0.15, -0.1) is 0 Å². The summed E-state index contributed by atoms with van der Waals surface area (Å²) >= 11 is 0. The van der Waals surface area contributed by atoms with Crippen molar-refractivity contribution >= 4 is 11.8 Å². The van der Waals surface area contributed by atoms with E-state index < -0.39 is 12.1 Å². The number of hydrogen-bond donors (Lipinski definition) is 3. The Bertz CT molecular complexity index is 1530. The number of nitrogens with one attached hydrogen (secondary N) is 2. The van der Waals surface area contributed by atoms with E-state index in [0.717, 1.165) is 91.5 Å². The lowest BCUT2D eigenvalue weighted by Gasteiger charge is -2.41. The highest BCUT2D eigenvalue weighted by Gasteiger charge is 2.41. The lowest BCUT2D eigenvalue weighted by Crippen LogP contribution is -2.48. The number of unbranched alkanes of at least 4 members (excludes halogenated alkanes) is 2. The Kier molecular flexibility index (Phi) is 12.7. The minimum absolute atomic E-state index is 0.0109. The number of nitrogens with zero attached hydrogens (tertiary/aromatic N) is 1. The average Bonchev–Trinajstić information content (AvgIpc) is 3.61. The molecule has 1 spiro atoms. The van der Waals surface area contributed by atoms with Crippen LogP contribution in [0.25, 0.3) is 11.1 Å². The van der Waals surface area contributed by atoms with Gasteiger partial charge in [0.1, 0.15) is 0 Å². The molecule has 3 saturated heterocycles. The van der Waals surface area contributed by atoms with Crippen molar-refractivity contribution in [3.63, 3.8) is 0 Å². The molecule has 0 radical (unpaired) electrons. The standard InChI is InChI=1S/C40H51N3O7/c1-29(45)41-19-4-2-3-8-38(46)42-26-31-6-5-7-35(24-31)32-13-15-34(16-14-32)39-49-36(25-37(50-39)33-11-9-30(28-44)10-12-33)27-43-20-17-40(18-21-43)47-22-23-48-40/h5-7,9-16,24,36-37,39,44H,2-4,8,17-23,25-28H2,1H3,(H,41,45)(H,42,46)/t36-,37+,39+/m0/s1. The van der Waals surface area contributed by atoms with Gasteiger partial charge in [0.2, 0.25) is 11.8 Å². The zero-order valence-electron chi connectivity index (χ0n) is 29.1. The van der Waals surface area contributed by atoms with Crippen LogP contribution >= 0.6 is 0 Å². The van der Waals surface area contributed by atoms with Crippen molar-refractivity contribution in [1.82, 2.24) is 15.5 Å². The molecule has 10 heteroatoms. The maximum absolute atomic E-state index is 12.4. The van der Waals surface area contributed by atoms with Gasteiger partial charge in [0.15, 0.2) is 12.1 Å². The van der Waals surface area contributed by atoms with Gasteiger partial charge in [0, 0.05) is 70.9 Å². The van der Waals surface area contributed by atoms with E-state index in [1.165, 1.54) is 6.92 Å². The van der Waals surface area contributed by atoms with E-state index in [1.54, 1.807) is 0 Å². The van der Waals surface area contributed by atoms with Crippen LogP contribution in [-0.2, 0) is 41.7 Å². The van der Waals surface area contributed by atoms with Gasteiger partial charge < -0.3 is 39.6 Å². The van der Waals surface area contributed by atoms with Gasteiger partial charge in [0.25, 0.3) is 0 Å². The number of benzene rings is 3. The summed E-state index contributed by atoms with van der Waals surface area (Å²) in [6.07, 6.45) is 4.84. The number of amides is 2. The van der Waals surface area contributed by atoms with Crippen LogP contribution in [0.1, 0.15) is 86.5 Å². The number of ether oxygens (including phenoxy) is 4. The van der Waals surface area contributed by atoms with E-state index in [4.69, 9.17) is 18.9 Å². The van der Waals surface area contributed by atoms with Gasteiger partial charge in [0.05, 0.1) is 32.0 Å². The molecular weight excluding hydrogens is 634 g/mol. The molecular formula is C40H51N3O7. The molecule has 10 nitrogen and oxygen atoms in total. The molecule has 0 aromatic heterocycles. The number of aliphatic hydroxyl groups excluding tert-OH is 1. The fourth-order valence-corrected chi connectivity index (χ4v) is 7.02. The number of aliphatic hydroxyl groups is 1. The molecule has 3 aliphatic rings. The SMILES string of the molecule is CC(=O)NCCCCCC(=O)NCc1cccc(-c2ccc([C@@H]3O[C@H](CN4CCC5(CC4)OCCO5)C[C@H](c4ccc(CO)cc4)O3)cc2)c1. The fraction of sp³-hybridized carbons (Fsp3) is 0.500. The van der Waals surface area contributed by atoms with Crippen LogP contribution in [0.3, 0.4) is 0 Å². The fourth-order valence-electron chi connectivity index (χ4n) is 7.02. The van der Waals surface area contributed by atoms with Crippen molar-refractivity contribution in [2.45, 2.75) is 89.3 Å². The van der Waals surface area contributed by atoms with Gasteiger partial charge in [-0.25, -0.2) is 0 Å². The van der Waals surface area contributed by atoms with E-state index in [1.807, 2.05) is 36.4 Å². The van der Waals surface area contributed by atoms with Crippen LogP contribution < -0.4 is 10.6 Å². The summed E-state index contributed by atoms with van der Waals surface area (Å²) < 4.78 is 25.1. The molecule has 2 amide bonds. The molecule has 6 rings (SSSR count). The lowest BCUT2D eigenvalue weighted by molar-refractivity contribution is -0.255. The predicted octanol–water partition coefficient (Wildman–Crippen LogP) is 5.54. The van der Waals surface area contributed by atoms with Crippen molar-refractivity contribution in [1.29, 1.82) is 0 Å². The first-order valence-corrected chi connectivity index (χ1v) is 18.1. The minimum atomic E-state index is -0.519. The number of carbonyl (C=O) groups excluding carboxylic acids is 2. The van der Waals surface area contributed by atoms with Crippen molar-refractivity contribution < 1.29 is 33.6 Å². The summed E-state index contributed by atoms with van der Waals surface area (Å²) in [7, 11) is 0. The Balaban J connectivity index is 1.06. The summed E-state index contributed by atoms with van der Waals surface area (Å²) in [5.74, 6) is -0.391. The van der Waals surface area contributed by atoms with Gasteiger partial charge >= 0.3 is 0 Å². The molecule has 0 unspecified atom stereocenters. The molecule has 3 heterocycles. The van der Waals surface area contributed by atoms with E-state index in [9.17, 15) is 14.7 Å². The number of rotatable bonds is 14. The van der Waals surface area contributed by atoms with E-state index in [2.05, 4.69) is 51.9 Å². The quantitative estimate of drug-likeness (QED) is 0.189. The Morgan fingerprint density at radius 3 is 2.30 bits per heavy atom. The smallest absolute Gasteiger partial charge is 0.220 e. The molecule has 3 N–H and O–H groups in total. The molecule has 3 aromatic rings. The summed E-state index contributed by atoms with van der Waals surface area (Å²) in [5.41, 5.74) is 6.10. The van der Waals surface area contributed by atoms with Crippen molar-refractivity contribution in [3.05, 3.63) is 95.1 Å². The highest BCUT2D eigenvalue weighted by molar-refractivity contribution is 5.76. The van der Waals surface area contributed by atoms with Crippen LogP contribution in [0.5, 0.6) is 0 Å². The molecule has 3 aromatic carbocycles. The Hall–Kier alpha value is -3.64. The Labute approximate surface area is 295 Å². The van der Waals surface area contributed by atoms with Crippen LogP contribution in [0.4, 0.5) is 0 Å². The number of hydrogen-bond acceptors (Lipinski definition) is 8. The predicted molar refractivity (Wildman–Crippen MR) is 190 cm³/mol. The van der Waals surface area contributed by atoms with Crippen LogP contribution in [0.15, 0.2) is 72.8 Å². The third-order valence-electron chi connectivity index (χ3n) is 9.90. The van der Waals surface area contributed by atoms with Crippen LogP contribution in [-0.4, -0.2) is 73.1 Å². The monoisotopic (exact) mass is 685 g/mol. The largest absolute Gasteiger partial charge is 0.392 e. The minimum Gasteiger partial charge on any atom is -0.392 e. The number of carbonyl (C=O) groups is 2. The summed E-state index contributed by atoms with van der Waals surface area (Å²) in [6, 6.07) is 24.6. The molecule has 268 valence electrons. The first-order chi connectivity index (χ1) is 24.4. The van der Waals surface area contributed by atoms with Crippen LogP contribution in [0.2, 0.25) is 0 Å². The van der Waals surface area contributed by atoms with Crippen LogP contribution in [0, 0.1) is 0 Å². The normalized spacial score (nSPS) is 22.0. The maximum Gasteiger partial charge on any atom is 0.220 e. The first kappa shape index (κ1) is 36.2. The lowest BCUT2D eigenvalue weighted by atomic mass is 9.98. The Morgan fingerprint density at radius 1 is 0.840 bits per heavy atom. The number of piperidine rings is 1. The van der Waals surface area contributed by atoms with Gasteiger partial charge in [-0.3, -0.25) is 9.59 Å². The first-order valence-electron chi connectivity index (χ1n) is 18.1. The second-order valence-electron chi connectivity index (χ2n) is 13.7. The second kappa shape index (κ2) is 17.5. The van der Waals surface area contributed by atoms with Crippen molar-refractivity contribution in [2.24, 2.45) is 0 Å². The van der Waals surface area contributed by atoms with E-state index in [-0.39, 0.29) is 30.6 Å². The number of likely N-dealkylation sites (tertiary alicyclic amines) is 1. The summed E-state index contributed by atoms with van der Waals surface area (Å²) in [6.45, 7) is 6.61. The molecule has 3 atom stereocenters. The third kappa shape index (κ3) is 9.99. The van der Waals surface area contributed by atoms with Gasteiger partial charge in [-0.05, 0) is 46.7 Å².